The van der Waals surface area contributed by atoms with Gasteiger partial charge in [-0.15, -0.1) is 10.2 Å². The van der Waals surface area contributed by atoms with Gasteiger partial charge in [-0.25, -0.2) is 0 Å². The fourth-order valence-corrected chi connectivity index (χ4v) is 3.99. The number of carbonyl (C=O) groups is 1. The molecule has 1 atom stereocenters. The van der Waals surface area contributed by atoms with E-state index in [4.69, 9.17) is 27.6 Å². The van der Waals surface area contributed by atoms with Crippen LogP contribution in [0.4, 0.5) is 0 Å². The van der Waals surface area contributed by atoms with Crippen molar-refractivity contribution in [1.29, 1.82) is 0 Å². The summed E-state index contributed by atoms with van der Waals surface area (Å²) in [5.41, 5.74) is 0.632. The molecule has 152 valence electrons. The molecule has 8 heteroatoms. The Morgan fingerprint density at radius 1 is 1.21 bits per heavy atom. The smallest absolute Gasteiger partial charge is 0.249 e. The van der Waals surface area contributed by atoms with Crippen molar-refractivity contribution in [2.24, 2.45) is 0 Å². The molecular formula is C20H26Cl2N4O2. The molecule has 6 nitrogen and oxygen atoms in total. The Balaban J connectivity index is 1.64. The number of benzene rings is 1. The van der Waals surface area contributed by atoms with Crippen LogP contribution in [-0.4, -0.2) is 52.6 Å². The molecule has 2 aromatic rings. The lowest BCUT2D eigenvalue weighted by Crippen LogP contribution is -2.43. The SMILES string of the molecule is CC(c1nnc(-c2ccc(Cl)cc2Cl)o1)N(C)CC(=O)N(C)C1CCCCC1. The van der Waals surface area contributed by atoms with E-state index in [0.717, 1.165) is 12.8 Å². The van der Waals surface area contributed by atoms with E-state index in [2.05, 4.69) is 10.2 Å². The molecule has 0 N–H and O–H groups in total. The first-order chi connectivity index (χ1) is 13.4. The summed E-state index contributed by atoms with van der Waals surface area (Å²) in [6.45, 7) is 2.24. The first-order valence-corrected chi connectivity index (χ1v) is 10.4. The van der Waals surface area contributed by atoms with Crippen molar-refractivity contribution in [3.8, 4) is 11.5 Å². The molecule has 28 heavy (non-hydrogen) atoms. The van der Waals surface area contributed by atoms with Crippen LogP contribution in [0.5, 0.6) is 0 Å². The maximum atomic E-state index is 12.7. The second-order valence-corrected chi connectivity index (χ2v) is 8.30. The van der Waals surface area contributed by atoms with E-state index in [-0.39, 0.29) is 11.9 Å². The minimum Gasteiger partial charge on any atom is -0.419 e. The zero-order chi connectivity index (χ0) is 20.3. The molecule has 0 saturated heterocycles. The van der Waals surface area contributed by atoms with Crippen molar-refractivity contribution >= 4 is 29.1 Å². The summed E-state index contributed by atoms with van der Waals surface area (Å²) >= 11 is 12.2. The van der Waals surface area contributed by atoms with Crippen molar-refractivity contribution in [3.63, 3.8) is 0 Å². The minimum absolute atomic E-state index is 0.113. The van der Waals surface area contributed by atoms with Gasteiger partial charge in [-0.05, 0) is 45.0 Å². The molecule has 1 heterocycles. The van der Waals surface area contributed by atoms with Gasteiger partial charge in [-0.2, -0.15) is 0 Å². The number of hydrogen-bond donors (Lipinski definition) is 0. The average molecular weight is 425 g/mol. The number of amides is 1. The summed E-state index contributed by atoms with van der Waals surface area (Å²) in [6, 6.07) is 5.27. The second kappa shape index (κ2) is 9.25. The summed E-state index contributed by atoms with van der Waals surface area (Å²) in [5, 5.41) is 9.24. The van der Waals surface area contributed by atoms with E-state index in [1.807, 2.05) is 30.8 Å². The Hall–Kier alpha value is -1.63. The normalized spacial score (nSPS) is 16.4. The summed E-state index contributed by atoms with van der Waals surface area (Å²) in [7, 11) is 3.79. The Morgan fingerprint density at radius 3 is 2.61 bits per heavy atom. The summed E-state index contributed by atoms with van der Waals surface area (Å²) in [5.74, 6) is 0.890. The number of halogens is 2. The maximum absolute atomic E-state index is 12.7. The van der Waals surface area contributed by atoms with Crippen LogP contribution in [0.3, 0.4) is 0 Å². The summed E-state index contributed by atoms with van der Waals surface area (Å²) in [6.07, 6.45) is 5.86. The number of hydrogen-bond acceptors (Lipinski definition) is 5. The largest absolute Gasteiger partial charge is 0.419 e. The second-order valence-electron chi connectivity index (χ2n) is 7.46. The molecule has 0 radical (unpaired) electrons. The molecule has 0 bridgehead atoms. The lowest BCUT2D eigenvalue weighted by molar-refractivity contribution is -0.134. The van der Waals surface area contributed by atoms with Gasteiger partial charge in [-0.1, -0.05) is 42.5 Å². The zero-order valence-corrected chi connectivity index (χ0v) is 18.0. The van der Waals surface area contributed by atoms with Crippen molar-refractivity contribution in [1.82, 2.24) is 20.0 Å². The van der Waals surface area contributed by atoms with Gasteiger partial charge in [0.1, 0.15) is 0 Å². The van der Waals surface area contributed by atoms with Crippen LogP contribution < -0.4 is 0 Å². The monoisotopic (exact) mass is 424 g/mol. The highest BCUT2D eigenvalue weighted by Gasteiger charge is 2.26. The molecule has 0 aliphatic heterocycles. The van der Waals surface area contributed by atoms with E-state index in [1.165, 1.54) is 19.3 Å². The zero-order valence-electron chi connectivity index (χ0n) is 16.5. The minimum atomic E-state index is -0.198. The molecule has 1 aliphatic carbocycles. The third kappa shape index (κ3) is 4.85. The summed E-state index contributed by atoms with van der Waals surface area (Å²) < 4.78 is 5.82. The van der Waals surface area contributed by atoms with Crippen LogP contribution in [0, 0.1) is 0 Å². The molecule has 0 spiro atoms. The van der Waals surface area contributed by atoms with Crippen LogP contribution in [0.1, 0.15) is 51.0 Å². The third-order valence-corrected chi connectivity index (χ3v) is 6.07. The lowest BCUT2D eigenvalue weighted by Gasteiger charge is -2.33. The topological polar surface area (TPSA) is 62.5 Å². The van der Waals surface area contributed by atoms with E-state index in [0.29, 0.717) is 40.0 Å². The van der Waals surface area contributed by atoms with Gasteiger partial charge in [0, 0.05) is 18.1 Å². The van der Waals surface area contributed by atoms with E-state index >= 15 is 0 Å². The molecule has 1 aromatic heterocycles. The van der Waals surface area contributed by atoms with Crippen molar-refractivity contribution in [2.75, 3.05) is 20.6 Å². The van der Waals surface area contributed by atoms with Crippen LogP contribution in [0.2, 0.25) is 10.0 Å². The standard InChI is InChI=1S/C20H26Cl2N4O2/c1-13(25(2)12-18(27)26(3)15-7-5-4-6-8-15)19-23-24-20(28-19)16-10-9-14(21)11-17(16)22/h9-11,13,15H,4-8,12H2,1-3H3. The number of carbonyl (C=O) groups excluding carboxylic acids is 1. The van der Waals surface area contributed by atoms with Gasteiger partial charge in [0.2, 0.25) is 17.7 Å². The van der Waals surface area contributed by atoms with Gasteiger partial charge >= 0.3 is 0 Å². The van der Waals surface area contributed by atoms with Gasteiger partial charge < -0.3 is 9.32 Å². The van der Waals surface area contributed by atoms with Gasteiger partial charge in [-0.3, -0.25) is 9.69 Å². The number of likely N-dealkylation sites (N-methyl/N-ethyl adjacent to an activating group) is 2. The van der Waals surface area contributed by atoms with Gasteiger partial charge in [0.25, 0.3) is 0 Å². The predicted molar refractivity (Wildman–Crippen MR) is 110 cm³/mol. The molecule has 1 aromatic carbocycles. The molecule has 1 saturated carbocycles. The first-order valence-electron chi connectivity index (χ1n) is 9.61. The maximum Gasteiger partial charge on any atom is 0.249 e. The first kappa shape index (κ1) is 21.1. The highest BCUT2D eigenvalue weighted by atomic mass is 35.5. The Bertz CT molecular complexity index is 820. The number of nitrogens with zero attached hydrogens (tertiary/aromatic N) is 4. The number of aromatic nitrogens is 2. The van der Waals surface area contributed by atoms with Gasteiger partial charge in [0.05, 0.1) is 23.2 Å². The molecule has 1 unspecified atom stereocenters. The fraction of sp³-hybridized carbons (Fsp3) is 0.550. The van der Waals surface area contributed by atoms with Crippen molar-refractivity contribution < 1.29 is 9.21 Å². The van der Waals surface area contributed by atoms with Crippen LogP contribution in [-0.2, 0) is 4.79 Å². The highest BCUT2D eigenvalue weighted by Crippen LogP contribution is 2.31. The Labute approximate surface area is 175 Å². The quantitative estimate of drug-likeness (QED) is 0.664. The van der Waals surface area contributed by atoms with E-state index < -0.39 is 0 Å². The third-order valence-electron chi connectivity index (χ3n) is 5.52. The summed E-state index contributed by atoms with van der Waals surface area (Å²) in [4.78, 5) is 16.5. The van der Waals surface area contributed by atoms with Crippen molar-refractivity contribution in [2.45, 2.75) is 51.1 Å². The highest BCUT2D eigenvalue weighted by molar-refractivity contribution is 6.36. The Kier molecular flexibility index (Phi) is 6.96. The molecule has 1 amide bonds. The molecule has 3 rings (SSSR count). The molecular weight excluding hydrogens is 399 g/mol. The molecule has 1 aliphatic rings. The lowest BCUT2D eigenvalue weighted by atomic mass is 9.94. The van der Waals surface area contributed by atoms with Crippen LogP contribution in [0.25, 0.3) is 11.5 Å². The van der Waals surface area contributed by atoms with Gasteiger partial charge in [0.15, 0.2) is 0 Å². The average Bonchev–Trinajstić information content (AvgIpc) is 3.17. The number of rotatable bonds is 6. The fourth-order valence-electron chi connectivity index (χ4n) is 3.50. The van der Waals surface area contributed by atoms with E-state index in [1.54, 1.807) is 18.2 Å². The van der Waals surface area contributed by atoms with Crippen LogP contribution in [0.15, 0.2) is 22.6 Å². The van der Waals surface area contributed by atoms with Crippen molar-refractivity contribution in [3.05, 3.63) is 34.1 Å². The molecule has 1 fully saturated rings. The van der Waals surface area contributed by atoms with Crippen LogP contribution >= 0.6 is 23.2 Å². The van der Waals surface area contributed by atoms with E-state index in [9.17, 15) is 4.79 Å². The Morgan fingerprint density at radius 2 is 1.93 bits per heavy atom. The predicted octanol–water partition coefficient (Wildman–Crippen LogP) is 4.83.